The van der Waals surface area contributed by atoms with Gasteiger partial charge in [0.05, 0.1) is 6.54 Å². The van der Waals surface area contributed by atoms with E-state index in [-0.39, 0.29) is 0 Å². The van der Waals surface area contributed by atoms with E-state index < -0.39 is 0 Å². The lowest BCUT2D eigenvalue weighted by Gasteiger charge is -2.20. The summed E-state index contributed by atoms with van der Waals surface area (Å²) in [7, 11) is 2.21. The topological polar surface area (TPSA) is 42.9 Å². The van der Waals surface area contributed by atoms with Crippen LogP contribution >= 0.6 is 23.2 Å². The quantitative estimate of drug-likeness (QED) is 0.420. The lowest BCUT2D eigenvalue weighted by atomic mass is 10.2. The van der Waals surface area contributed by atoms with Crippen LogP contribution in [-0.2, 0) is 6.54 Å². The largest absolute Gasteiger partial charge is 0.357 e. The van der Waals surface area contributed by atoms with Crippen LogP contribution < -0.4 is 10.6 Å². The van der Waals surface area contributed by atoms with Crippen molar-refractivity contribution in [2.24, 2.45) is 4.99 Å². The molecule has 1 aromatic carbocycles. The molecule has 146 valence electrons. The minimum atomic E-state index is 0.532. The summed E-state index contributed by atoms with van der Waals surface area (Å²) in [5.74, 6) is 0.828. The van der Waals surface area contributed by atoms with Crippen LogP contribution in [0.4, 0.5) is 0 Å². The summed E-state index contributed by atoms with van der Waals surface area (Å²) in [5, 5.41) is 8.01. The third-order valence-corrected chi connectivity index (χ3v) is 5.11. The first-order valence-corrected chi connectivity index (χ1v) is 10.2. The molecule has 7 heteroatoms. The molecular weight excluding hydrogens is 369 g/mol. The van der Waals surface area contributed by atoms with Gasteiger partial charge < -0.3 is 20.4 Å². The van der Waals surface area contributed by atoms with Gasteiger partial charge in [-0.3, -0.25) is 0 Å². The number of hydrogen-bond acceptors (Lipinski definition) is 3. The highest BCUT2D eigenvalue weighted by Crippen LogP contribution is 2.21. The summed E-state index contributed by atoms with van der Waals surface area (Å²) in [6.07, 6.45) is 2.37. The van der Waals surface area contributed by atoms with Crippen LogP contribution in [0.3, 0.4) is 0 Å². The Bertz CT molecular complexity index is 579. The van der Waals surface area contributed by atoms with Gasteiger partial charge in [0.25, 0.3) is 0 Å². The molecule has 0 aromatic heterocycles. The second-order valence-electron chi connectivity index (χ2n) is 6.71. The lowest BCUT2D eigenvalue weighted by molar-refractivity contribution is 0.274. The monoisotopic (exact) mass is 399 g/mol. The molecule has 2 rings (SSSR count). The average molecular weight is 400 g/mol. The molecule has 0 atom stereocenters. The highest BCUT2D eigenvalue weighted by molar-refractivity contribution is 6.35. The Hall–Kier alpha value is -1.01. The van der Waals surface area contributed by atoms with Gasteiger partial charge in [-0.1, -0.05) is 29.3 Å². The van der Waals surface area contributed by atoms with Gasteiger partial charge in [0.15, 0.2) is 5.96 Å². The highest BCUT2D eigenvalue weighted by Gasteiger charge is 2.11. The summed E-state index contributed by atoms with van der Waals surface area (Å²) in [4.78, 5) is 9.60. The third kappa shape index (κ3) is 7.70. The van der Waals surface area contributed by atoms with Crippen molar-refractivity contribution in [1.82, 2.24) is 20.4 Å². The zero-order valence-electron chi connectivity index (χ0n) is 15.9. The Morgan fingerprint density at radius 1 is 1.15 bits per heavy atom. The maximum Gasteiger partial charge on any atom is 0.191 e. The van der Waals surface area contributed by atoms with Crippen LogP contribution in [0, 0.1) is 0 Å². The normalized spacial score (nSPS) is 17.2. The number of aliphatic imine (C=N–C) groups is 1. The summed E-state index contributed by atoms with van der Waals surface area (Å²) >= 11 is 12.2. The van der Waals surface area contributed by atoms with Gasteiger partial charge >= 0.3 is 0 Å². The minimum absolute atomic E-state index is 0.532. The zero-order valence-corrected chi connectivity index (χ0v) is 17.4. The van der Waals surface area contributed by atoms with E-state index in [0.717, 1.165) is 37.6 Å². The molecule has 1 aliphatic heterocycles. The summed E-state index contributed by atoms with van der Waals surface area (Å²) < 4.78 is 0. The number of halogens is 2. The van der Waals surface area contributed by atoms with E-state index in [1.54, 1.807) is 6.07 Å². The number of benzene rings is 1. The molecule has 1 saturated heterocycles. The Morgan fingerprint density at radius 3 is 2.77 bits per heavy atom. The molecule has 0 saturated carbocycles. The minimum Gasteiger partial charge on any atom is -0.357 e. The number of hydrogen-bond donors (Lipinski definition) is 2. The van der Waals surface area contributed by atoms with Gasteiger partial charge in [0.2, 0.25) is 0 Å². The summed E-state index contributed by atoms with van der Waals surface area (Å²) in [5.41, 5.74) is 0.974. The second kappa shape index (κ2) is 11.7. The second-order valence-corrected chi connectivity index (χ2v) is 7.55. The molecule has 0 amide bonds. The van der Waals surface area contributed by atoms with E-state index in [9.17, 15) is 0 Å². The maximum absolute atomic E-state index is 6.22. The zero-order chi connectivity index (χ0) is 18.8. The molecule has 1 aliphatic rings. The van der Waals surface area contributed by atoms with E-state index in [2.05, 4.69) is 39.4 Å². The molecule has 0 unspecified atom stereocenters. The molecule has 0 bridgehead atoms. The third-order valence-electron chi connectivity index (χ3n) is 4.52. The summed E-state index contributed by atoms with van der Waals surface area (Å²) in [6, 6.07) is 5.53. The lowest BCUT2D eigenvalue weighted by Crippen LogP contribution is -2.39. The molecule has 0 spiro atoms. The molecule has 1 fully saturated rings. The van der Waals surface area contributed by atoms with Crippen molar-refractivity contribution in [3.8, 4) is 0 Å². The highest BCUT2D eigenvalue weighted by atomic mass is 35.5. The van der Waals surface area contributed by atoms with Crippen LogP contribution in [-0.4, -0.2) is 68.6 Å². The molecule has 26 heavy (non-hydrogen) atoms. The predicted octanol–water partition coefficient (Wildman–Crippen LogP) is 3.08. The molecule has 0 aliphatic carbocycles. The van der Waals surface area contributed by atoms with Crippen molar-refractivity contribution >= 4 is 29.2 Å². The smallest absolute Gasteiger partial charge is 0.191 e. The van der Waals surface area contributed by atoms with Gasteiger partial charge in [0.1, 0.15) is 0 Å². The fourth-order valence-electron chi connectivity index (χ4n) is 2.99. The fraction of sp³-hybridized carbons (Fsp3) is 0.632. The summed E-state index contributed by atoms with van der Waals surface area (Å²) in [6.45, 7) is 10.2. The molecule has 1 aromatic rings. The molecule has 5 nitrogen and oxygen atoms in total. The van der Waals surface area contributed by atoms with Crippen molar-refractivity contribution in [1.29, 1.82) is 0 Å². The van der Waals surface area contributed by atoms with E-state index in [1.807, 2.05) is 12.1 Å². The van der Waals surface area contributed by atoms with E-state index in [4.69, 9.17) is 23.2 Å². The first kappa shape index (κ1) is 21.3. The average Bonchev–Trinajstić information content (AvgIpc) is 2.82. The van der Waals surface area contributed by atoms with Gasteiger partial charge in [-0.2, -0.15) is 0 Å². The van der Waals surface area contributed by atoms with Crippen molar-refractivity contribution < 1.29 is 0 Å². The Kier molecular flexibility index (Phi) is 9.54. The van der Waals surface area contributed by atoms with E-state index in [1.165, 1.54) is 32.6 Å². The maximum atomic E-state index is 6.22. The van der Waals surface area contributed by atoms with Crippen molar-refractivity contribution in [3.05, 3.63) is 33.8 Å². The molecule has 0 radical (unpaired) electrons. The van der Waals surface area contributed by atoms with Crippen LogP contribution in [0.5, 0.6) is 0 Å². The van der Waals surface area contributed by atoms with Crippen LogP contribution in [0.25, 0.3) is 0 Å². The Labute approximate surface area is 167 Å². The SMILES string of the molecule is CCNC(=NCc1ccc(Cl)cc1Cl)NCCCN1CCCN(C)CC1. The molecule has 1 heterocycles. The fourth-order valence-corrected chi connectivity index (χ4v) is 3.46. The standard InChI is InChI=1S/C19H31Cl2N5/c1-3-22-19(24-15-16-6-7-17(20)14-18(16)21)23-8-4-10-26-11-5-9-25(2)12-13-26/h6-7,14H,3-5,8-13,15H2,1-2H3,(H2,22,23,24). The number of likely N-dealkylation sites (N-methyl/N-ethyl adjacent to an activating group) is 1. The number of nitrogens with one attached hydrogen (secondary N) is 2. The van der Waals surface area contributed by atoms with Gasteiger partial charge in [-0.05, 0) is 64.1 Å². The first-order chi connectivity index (χ1) is 12.6. The number of rotatable bonds is 7. The van der Waals surface area contributed by atoms with Gasteiger partial charge in [-0.15, -0.1) is 0 Å². The van der Waals surface area contributed by atoms with Gasteiger partial charge in [-0.25, -0.2) is 4.99 Å². The van der Waals surface area contributed by atoms with Crippen molar-refractivity contribution in [2.75, 3.05) is 52.9 Å². The first-order valence-electron chi connectivity index (χ1n) is 9.45. The van der Waals surface area contributed by atoms with Crippen LogP contribution in [0.1, 0.15) is 25.3 Å². The van der Waals surface area contributed by atoms with Crippen LogP contribution in [0.15, 0.2) is 23.2 Å². The molecular formula is C19H31Cl2N5. The Balaban J connectivity index is 1.76. The van der Waals surface area contributed by atoms with E-state index in [0.29, 0.717) is 16.6 Å². The van der Waals surface area contributed by atoms with E-state index >= 15 is 0 Å². The Morgan fingerprint density at radius 2 is 2.00 bits per heavy atom. The van der Waals surface area contributed by atoms with Crippen molar-refractivity contribution in [2.45, 2.75) is 26.3 Å². The molecule has 2 N–H and O–H groups in total. The van der Waals surface area contributed by atoms with Crippen molar-refractivity contribution in [3.63, 3.8) is 0 Å². The predicted molar refractivity (Wildman–Crippen MR) is 112 cm³/mol. The number of nitrogens with zero attached hydrogens (tertiary/aromatic N) is 3. The van der Waals surface area contributed by atoms with Crippen LogP contribution in [0.2, 0.25) is 10.0 Å². The van der Waals surface area contributed by atoms with Gasteiger partial charge in [0, 0.05) is 36.2 Å². The number of guanidine groups is 1.